The van der Waals surface area contributed by atoms with Gasteiger partial charge in [-0.15, -0.1) is 11.3 Å². The molecule has 0 saturated carbocycles. The number of anilines is 1. The molecule has 19 heavy (non-hydrogen) atoms. The van der Waals surface area contributed by atoms with Crippen molar-refractivity contribution in [2.24, 2.45) is 5.92 Å². The zero-order valence-electron chi connectivity index (χ0n) is 10.8. The van der Waals surface area contributed by atoms with E-state index in [1.54, 1.807) is 11.3 Å². The molecule has 1 aromatic carbocycles. The first-order valence-electron chi connectivity index (χ1n) is 6.55. The molecule has 1 aliphatic carbocycles. The van der Waals surface area contributed by atoms with E-state index in [0.717, 1.165) is 40.2 Å². The lowest BCUT2D eigenvalue weighted by atomic mass is 9.93. The van der Waals surface area contributed by atoms with Crippen LogP contribution in [0.3, 0.4) is 0 Å². The molecule has 1 aliphatic rings. The number of carbonyl (C=O) groups is 1. The lowest BCUT2D eigenvalue weighted by Gasteiger charge is -2.17. The summed E-state index contributed by atoms with van der Waals surface area (Å²) in [6.45, 7) is 2.00. The van der Waals surface area contributed by atoms with Gasteiger partial charge in [-0.2, -0.15) is 0 Å². The first-order valence-corrected chi connectivity index (χ1v) is 7.37. The van der Waals surface area contributed by atoms with Crippen LogP contribution in [0.15, 0.2) is 30.4 Å². The smallest absolute Gasteiger partial charge is 0.227 e. The summed E-state index contributed by atoms with van der Waals surface area (Å²) in [5.41, 5.74) is 1.87. The van der Waals surface area contributed by atoms with Crippen LogP contribution in [0.1, 0.15) is 24.3 Å². The van der Waals surface area contributed by atoms with Gasteiger partial charge in [0.2, 0.25) is 5.91 Å². The van der Waals surface area contributed by atoms with Crippen molar-refractivity contribution in [1.29, 1.82) is 0 Å². The molecule has 4 heteroatoms. The zero-order valence-corrected chi connectivity index (χ0v) is 11.7. The third-order valence-corrected chi connectivity index (χ3v) is 4.34. The van der Waals surface area contributed by atoms with Gasteiger partial charge in [-0.3, -0.25) is 4.79 Å². The van der Waals surface area contributed by atoms with Crippen LogP contribution in [0.2, 0.25) is 0 Å². The van der Waals surface area contributed by atoms with Crippen molar-refractivity contribution >= 4 is 33.1 Å². The van der Waals surface area contributed by atoms with Crippen LogP contribution in [-0.4, -0.2) is 10.9 Å². The molecule has 3 nitrogen and oxygen atoms in total. The van der Waals surface area contributed by atoms with E-state index in [1.807, 2.05) is 25.1 Å². The van der Waals surface area contributed by atoms with Crippen molar-refractivity contribution in [3.63, 3.8) is 0 Å². The Morgan fingerprint density at radius 2 is 2.32 bits per heavy atom. The van der Waals surface area contributed by atoms with Crippen molar-refractivity contribution < 1.29 is 4.79 Å². The number of aryl methyl sites for hydroxylation is 1. The molecule has 0 spiro atoms. The minimum atomic E-state index is 0.115. The SMILES string of the molecule is Cc1nc2ccc(NC(=O)C3CC=CCC3)cc2s1. The highest BCUT2D eigenvalue weighted by molar-refractivity contribution is 7.18. The van der Waals surface area contributed by atoms with E-state index >= 15 is 0 Å². The highest BCUT2D eigenvalue weighted by atomic mass is 32.1. The zero-order chi connectivity index (χ0) is 13.2. The molecular formula is C15H16N2OS. The van der Waals surface area contributed by atoms with E-state index in [-0.39, 0.29) is 11.8 Å². The summed E-state index contributed by atoms with van der Waals surface area (Å²) in [6.07, 6.45) is 7.06. The number of allylic oxidation sites excluding steroid dienone is 2. The molecule has 3 rings (SSSR count). The van der Waals surface area contributed by atoms with Gasteiger partial charge in [0.25, 0.3) is 0 Å². The van der Waals surface area contributed by atoms with Crippen LogP contribution in [-0.2, 0) is 4.79 Å². The standard InChI is InChI=1S/C15H16N2OS/c1-10-16-13-8-7-12(9-14(13)19-10)17-15(18)11-5-3-2-4-6-11/h2-3,7-9,11H,4-6H2,1H3,(H,17,18). The van der Waals surface area contributed by atoms with Crippen LogP contribution in [0, 0.1) is 12.8 Å². The molecule has 0 aliphatic heterocycles. The summed E-state index contributed by atoms with van der Waals surface area (Å²) in [5, 5.41) is 4.07. The minimum Gasteiger partial charge on any atom is -0.326 e. The number of nitrogens with one attached hydrogen (secondary N) is 1. The lowest BCUT2D eigenvalue weighted by Crippen LogP contribution is -2.23. The summed E-state index contributed by atoms with van der Waals surface area (Å²) in [6, 6.07) is 5.91. The molecule has 0 saturated heterocycles. The minimum absolute atomic E-state index is 0.115. The van der Waals surface area contributed by atoms with Crippen LogP contribution in [0.5, 0.6) is 0 Å². The van der Waals surface area contributed by atoms with Gasteiger partial charge in [-0.05, 0) is 44.4 Å². The largest absolute Gasteiger partial charge is 0.326 e. The summed E-state index contributed by atoms with van der Waals surface area (Å²) in [5.74, 6) is 0.244. The predicted octanol–water partition coefficient (Wildman–Crippen LogP) is 3.90. The maximum absolute atomic E-state index is 12.2. The van der Waals surface area contributed by atoms with E-state index in [1.165, 1.54) is 0 Å². The van der Waals surface area contributed by atoms with Gasteiger partial charge in [0, 0.05) is 11.6 Å². The van der Waals surface area contributed by atoms with Gasteiger partial charge in [0.05, 0.1) is 15.2 Å². The van der Waals surface area contributed by atoms with Gasteiger partial charge in [-0.1, -0.05) is 12.2 Å². The number of hydrogen-bond acceptors (Lipinski definition) is 3. The number of aromatic nitrogens is 1. The molecule has 0 radical (unpaired) electrons. The normalized spacial score (nSPS) is 18.7. The van der Waals surface area contributed by atoms with E-state index in [0.29, 0.717) is 0 Å². The molecule has 2 aromatic rings. The van der Waals surface area contributed by atoms with Crippen molar-refractivity contribution in [2.75, 3.05) is 5.32 Å². The maximum Gasteiger partial charge on any atom is 0.227 e. The Morgan fingerprint density at radius 3 is 3.11 bits per heavy atom. The molecular weight excluding hydrogens is 256 g/mol. The molecule has 1 heterocycles. The fourth-order valence-electron chi connectivity index (χ4n) is 2.39. The van der Waals surface area contributed by atoms with Crippen LogP contribution >= 0.6 is 11.3 Å². The average molecular weight is 272 g/mol. The second kappa shape index (κ2) is 5.13. The summed E-state index contributed by atoms with van der Waals surface area (Å²) in [7, 11) is 0. The highest BCUT2D eigenvalue weighted by Crippen LogP contribution is 2.26. The summed E-state index contributed by atoms with van der Waals surface area (Å²) in [4.78, 5) is 16.6. The molecule has 1 atom stereocenters. The molecule has 0 fully saturated rings. The van der Waals surface area contributed by atoms with E-state index < -0.39 is 0 Å². The van der Waals surface area contributed by atoms with E-state index in [2.05, 4.69) is 22.5 Å². The molecule has 1 aromatic heterocycles. The van der Waals surface area contributed by atoms with Gasteiger partial charge < -0.3 is 5.32 Å². The Labute approximate surface area is 116 Å². The fraction of sp³-hybridized carbons (Fsp3) is 0.333. The van der Waals surface area contributed by atoms with E-state index in [4.69, 9.17) is 0 Å². The maximum atomic E-state index is 12.2. The van der Waals surface area contributed by atoms with E-state index in [9.17, 15) is 4.79 Å². The number of carbonyl (C=O) groups excluding carboxylic acids is 1. The number of fused-ring (bicyclic) bond motifs is 1. The number of thiazole rings is 1. The Balaban J connectivity index is 1.76. The number of nitrogens with zero attached hydrogens (tertiary/aromatic N) is 1. The Morgan fingerprint density at radius 1 is 1.42 bits per heavy atom. The second-order valence-electron chi connectivity index (χ2n) is 4.89. The Hall–Kier alpha value is -1.68. The first kappa shape index (κ1) is 12.4. The van der Waals surface area contributed by atoms with Gasteiger partial charge in [0.15, 0.2) is 0 Å². The molecule has 1 N–H and O–H groups in total. The quantitative estimate of drug-likeness (QED) is 0.842. The lowest BCUT2D eigenvalue weighted by molar-refractivity contribution is -0.120. The van der Waals surface area contributed by atoms with Crippen molar-refractivity contribution in [2.45, 2.75) is 26.2 Å². The highest BCUT2D eigenvalue weighted by Gasteiger charge is 2.18. The summed E-state index contributed by atoms with van der Waals surface area (Å²) >= 11 is 1.66. The van der Waals surface area contributed by atoms with Crippen molar-refractivity contribution in [3.8, 4) is 0 Å². The third-order valence-electron chi connectivity index (χ3n) is 3.40. The van der Waals surface area contributed by atoms with Crippen LogP contribution < -0.4 is 5.32 Å². The average Bonchev–Trinajstić information content (AvgIpc) is 2.79. The Kier molecular flexibility index (Phi) is 3.34. The first-order chi connectivity index (χ1) is 9.22. The van der Waals surface area contributed by atoms with Crippen LogP contribution in [0.25, 0.3) is 10.2 Å². The van der Waals surface area contributed by atoms with Gasteiger partial charge in [0.1, 0.15) is 0 Å². The predicted molar refractivity (Wildman–Crippen MR) is 79.5 cm³/mol. The van der Waals surface area contributed by atoms with Crippen molar-refractivity contribution in [1.82, 2.24) is 4.98 Å². The van der Waals surface area contributed by atoms with Crippen molar-refractivity contribution in [3.05, 3.63) is 35.4 Å². The van der Waals surface area contributed by atoms with Crippen LogP contribution in [0.4, 0.5) is 5.69 Å². The fourth-order valence-corrected chi connectivity index (χ4v) is 3.26. The molecule has 1 unspecified atom stereocenters. The number of hydrogen-bond donors (Lipinski definition) is 1. The Bertz CT molecular complexity index is 645. The summed E-state index contributed by atoms with van der Waals surface area (Å²) < 4.78 is 1.12. The molecule has 98 valence electrons. The topological polar surface area (TPSA) is 42.0 Å². The second-order valence-corrected chi connectivity index (χ2v) is 6.12. The third kappa shape index (κ3) is 2.68. The number of rotatable bonds is 2. The molecule has 0 bridgehead atoms. The van der Waals surface area contributed by atoms with Gasteiger partial charge in [-0.25, -0.2) is 4.98 Å². The monoisotopic (exact) mass is 272 g/mol. The number of benzene rings is 1. The number of amides is 1. The van der Waals surface area contributed by atoms with Gasteiger partial charge >= 0.3 is 0 Å². The molecule has 1 amide bonds.